The van der Waals surface area contributed by atoms with Gasteiger partial charge >= 0.3 is 12.2 Å². The van der Waals surface area contributed by atoms with Crippen molar-refractivity contribution in [2.45, 2.75) is 49.9 Å². The maximum absolute atomic E-state index is 14.6. The number of nitrogens with one attached hydrogen (secondary N) is 2. The minimum absolute atomic E-state index is 0.0885. The molecule has 0 radical (unpaired) electrons. The van der Waals surface area contributed by atoms with Crippen molar-refractivity contribution in [3.8, 4) is 5.75 Å². The molecule has 1 fully saturated rings. The standard InChI is InChI=1S/C27H25F5N2O2/c28-21-13-19(12-20(14-21)27(30,31)32)26(16-17-6-2-1-3-7-17,18-10-11-23(29)24(35)15-18)34-25(36)33-22-8-4-5-9-22/h1-3,6-7,10-15,22,35H,4-5,8-9,16H2,(H2,33,34,36)/t26-/m1/s1. The van der Waals surface area contributed by atoms with E-state index in [1.54, 1.807) is 30.3 Å². The maximum Gasteiger partial charge on any atom is 0.416 e. The molecule has 4 rings (SSSR count). The Balaban J connectivity index is 1.92. The molecule has 1 saturated carbocycles. The van der Waals surface area contributed by atoms with Gasteiger partial charge in [0.15, 0.2) is 11.6 Å². The number of amides is 2. The second-order valence-electron chi connectivity index (χ2n) is 9.04. The first-order valence-corrected chi connectivity index (χ1v) is 11.6. The van der Waals surface area contributed by atoms with Gasteiger partial charge in [0.1, 0.15) is 5.82 Å². The second kappa shape index (κ2) is 10.2. The number of alkyl halides is 3. The molecule has 0 saturated heterocycles. The molecule has 3 N–H and O–H groups in total. The average Bonchev–Trinajstić information content (AvgIpc) is 3.33. The third-order valence-corrected chi connectivity index (χ3v) is 6.49. The number of aromatic hydroxyl groups is 1. The number of rotatable bonds is 6. The van der Waals surface area contributed by atoms with Crippen molar-refractivity contribution in [1.29, 1.82) is 0 Å². The van der Waals surface area contributed by atoms with Crippen LogP contribution < -0.4 is 10.6 Å². The molecule has 0 bridgehead atoms. The zero-order chi connectivity index (χ0) is 25.9. The molecule has 1 atom stereocenters. The predicted molar refractivity (Wildman–Crippen MR) is 124 cm³/mol. The summed E-state index contributed by atoms with van der Waals surface area (Å²) in [4.78, 5) is 13.2. The van der Waals surface area contributed by atoms with Crippen LogP contribution in [-0.2, 0) is 18.1 Å². The molecule has 0 heterocycles. The highest BCUT2D eigenvalue weighted by molar-refractivity contribution is 5.76. The normalized spacial score (nSPS) is 15.9. The first-order chi connectivity index (χ1) is 17.1. The third kappa shape index (κ3) is 5.61. The molecule has 3 aromatic rings. The van der Waals surface area contributed by atoms with Crippen molar-refractivity contribution >= 4 is 6.03 Å². The lowest BCUT2D eigenvalue weighted by Gasteiger charge is -2.37. The van der Waals surface area contributed by atoms with Gasteiger partial charge in [-0.15, -0.1) is 0 Å². The molecule has 4 nitrogen and oxygen atoms in total. The molecule has 0 unspecified atom stereocenters. The highest BCUT2D eigenvalue weighted by Gasteiger charge is 2.40. The number of phenols is 1. The molecule has 2 amide bonds. The Bertz CT molecular complexity index is 1230. The SMILES string of the molecule is O=C(NC1CCCC1)N[C@@](Cc1ccccc1)(c1cc(F)cc(C(F)(F)F)c1)c1ccc(F)c(O)c1. The Morgan fingerprint density at radius 3 is 2.19 bits per heavy atom. The molecule has 0 aromatic heterocycles. The van der Waals surface area contributed by atoms with Crippen LogP contribution in [0.25, 0.3) is 0 Å². The number of halogens is 5. The fourth-order valence-electron chi connectivity index (χ4n) is 4.72. The average molecular weight is 504 g/mol. The summed E-state index contributed by atoms with van der Waals surface area (Å²) < 4.78 is 69.6. The lowest BCUT2D eigenvalue weighted by Crippen LogP contribution is -2.53. The van der Waals surface area contributed by atoms with Crippen LogP contribution in [-0.4, -0.2) is 17.2 Å². The van der Waals surface area contributed by atoms with Gasteiger partial charge in [-0.1, -0.05) is 49.2 Å². The predicted octanol–water partition coefficient (Wildman–Crippen LogP) is 6.42. The lowest BCUT2D eigenvalue weighted by atomic mass is 9.77. The largest absolute Gasteiger partial charge is 0.505 e. The number of benzene rings is 3. The van der Waals surface area contributed by atoms with E-state index in [9.17, 15) is 31.9 Å². The van der Waals surface area contributed by atoms with Crippen LogP contribution in [0.4, 0.5) is 26.7 Å². The zero-order valence-corrected chi connectivity index (χ0v) is 19.2. The van der Waals surface area contributed by atoms with E-state index < -0.39 is 40.7 Å². The summed E-state index contributed by atoms with van der Waals surface area (Å²) in [6.07, 6.45) is -1.57. The molecule has 3 aromatic carbocycles. The van der Waals surface area contributed by atoms with Crippen LogP contribution in [0.1, 0.15) is 47.9 Å². The van der Waals surface area contributed by atoms with Crippen LogP contribution in [0.5, 0.6) is 5.75 Å². The topological polar surface area (TPSA) is 61.4 Å². The second-order valence-corrected chi connectivity index (χ2v) is 9.04. The van der Waals surface area contributed by atoms with E-state index in [0.717, 1.165) is 49.9 Å². The van der Waals surface area contributed by atoms with Crippen LogP contribution >= 0.6 is 0 Å². The number of hydrogen-bond donors (Lipinski definition) is 3. The van der Waals surface area contributed by atoms with E-state index in [0.29, 0.717) is 11.6 Å². The number of phenolic OH excluding ortho intramolecular Hbond substituents is 1. The van der Waals surface area contributed by atoms with Gasteiger partial charge in [-0.05, 0) is 59.9 Å². The first kappa shape index (κ1) is 25.5. The lowest BCUT2D eigenvalue weighted by molar-refractivity contribution is -0.137. The molecule has 9 heteroatoms. The monoisotopic (exact) mass is 504 g/mol. The highest BCUT2D eigenvalue weighted by atomic mass is 19.4. The van der Waals surface area contributed by atoms with Gasteiger partial charge in [0.05, 0.1) is 11.1 Å². The molecular formula is C27H25F5N2O2. The number of urea groups is 1. The van der Waals surface area contributed by atoms with E-state index in [2.05, 4.69) is 10.6 Å². The van der Waals surface area contributed by atoms with Gasteiger partial charge in [0, 0.05) is 12.5 Å². The van der Waals surface area contributed by atoms with Crippen molar-refractivity contribution in [1.82, 2.24) is 10.6 Å². The van der Waals surface area contributed by atoms with Gasteiger partial charge < -0.3 is 15.7 Å². The van der Waals surface area contributed by atoms with Crippen LogP contribution in [0, 0.1) is 11.6 Å². The van der Waals surface area contributed by atoms with Gasteiger partial charge in [0.2, 0.25) is 0 Å². The van der Waals surface area contributed by atoms with E-state index in [4.69, 9.17) is 0 Å². The quantitative estimate of drug-likeness (QED) is 0.340. The van der Waals surface area contributed by atoms with Crippen molar-refractivity contribution < 1.29 is 31.9 Å². The van der Waals surface area contributed by atoms with Crippen LogP contribution in [0.3, 0.4) is 0 Å². The van der Waals surface area contributed by atoms with Crippen molar-refractivity contribution in [3.63, 3.8) is 0 Å². The molecule has 36 heavy (non-hydrogen) atoms. The number of hydrogen-bond acceptors (Lipinski definition) is 2. The van der Waals surface area contributed by atoms with Gasteiger partial charge in [-0.3, -0.25) is 0 Å². The van der Waals surface area contributed by atoms with Crippen molar-refractivity contribution in [2.75, 3.05) is 0 Å². The summed E-state index contributed by atoms with van der Waals surface area (Å²) in [7, 11) is 0. The minimum Gasteiger partial charge on any atom is -0.505 e. The maximum atomic E-state index is 14.6. The van der Waals surface area contributed by atoms with E-state index in [1.807, 2.05) is 0 Å². The van der Waals surface area contributed by atoms with Crippen LogP contribution in [0.2, 0.25) is 0 Å². The fraction of sp³-hybridized carbons (Fsp3) is 0.296. The fourth-order valence-corrected chi connectivity index (χ4v) is 4.72. The van der Waals surface area contributed by atoms with Crippen LogP contribution in [0.15, 0.2) is 66.7 Å². The molecular weight excluding hydrogens is 479 g/mol. The van der Waals surface area contributed by atoms with E-state index in [-0.39, 0.29) is 23.6 Å². The summed E-state index contributed by atoms with van der Waals surface area (Å²) in [6.45, 7) is 0. The molecule has 190 valence electrons. The number of carbonyl (C=O) groups is 1. The van der Waals surface area contributed by atoms with Gasteiger partial charge in [-0.2, -0.15) is 13.2 Å². The minimum atomic E-state index is -4.85. The number of carbonyl (C=O) groups excluding carboxylic acids is 1. The Morgan fingerprint density at radius 2 is 1.56 bits per heavy atom. The van der Waals surface area contributed by atoms with Crippen molar-refractivity contribution in [3.05, 3.63) is 101 Å². The van der Waals surface area contributed by atoms with E-state index >= 15 is 0 Å². The van der Waals surface area contributed by atoms with Gasteiger partial charge in [0.25, 0.3) is 0 Å². The summed E-state index contributed by atoms with van der Waals surface area (Å²) >= 11 is 0. The summed E-state index contributed by atoms with van der Waals surface area (Å²) in [5.74, 6) is -2.85. The van der Waals surface area contributed by atoms with Gasteiger partial charge in [-0.25, -0.2) is 13.6 Å². The highest BCUT2D eigenvalue weighted by Crippen LogP contribution is 2.39. The Hall–Kier alpha value is -3.62. The first-order valence-electron chi connectivity index (χ1n) is 11.6. The third-order valence-electron chi connectivity index (χ3n) is 6.49. The Kier molecular flexibility index (Phi) is 7.19. The summed E-state index contributed by atoms with van der Waals surface area (Å²) in [5, 5.41) is 15.7. The summed E-state index contributed by atoms with van der Waals surface area (Å²) in [5.41, 5.74) is -2.52. The molecule has 0 spiro atoms. The molecule has 0 aliphatic heterocycles. The molecule has 1 aliphatic carbocycles. The van der Waals surface area contributed by atoms with Crippen molar-refractivity contribution in [2.24, 2.45) is 0 Å². The Labute approximate surface area is 205 Å². The van der Waals surface area contributed by atoms with E-state index in [1.165, 1.54) is 6.07 Å². The zero-order valence-electron chi connectivity index (χ0n) is 19.2. The summed E-state index contributed by atoms with van der Waals surface area (Å²) in [6, 6.07) is 13.1. The molecule has 1 aliphatic rings. The Morgan fingerprint density at radius 1 is 0.889 bits per heavy atom. The smallest absolute Gasteiger partial charge is 0.416 e.